The second-order valence-corrected chi connectivity index (χ2v) is 5.84. The molecule has 1 aliphatic heterocycles. The molecule has 1 aliphatic rings. The molecular formula is C13H23N5O2. The van der Waals surface area contributed by atoms with E-state index in [9.17, 15) is 4.79 Å². The summed E-state index contributed by atoms with van der Waals surface area (Å²) in [6, 6.07) is -0.206. The van der Waals surface area contributed by atoms with Crippen molar-refractivity contribution < 1.29 is 9.53 Å². The average molecular weight is 281 g/mol. The van der Waals surface area contributed by atoms with Crippen LogP contribution in [0.3, 0.4) is 0 Å². The zero-order chi connectivity index (χ0) is 14.6. The molecule has 1 aromatic heterocycles. The molecule has 20 heavy (non-hydrogen) atoms. The predicted molar refractivity (Wildman–Crippen MR) is 74.0 cm³/mol. The smallest absolute Gasteiger partial charge is 0.315 e. The fourth-order valence-corrected chi connectivity index (χ4v) is 2.38. The van der Waals surface area contributed by atoms with Gasteiger partial charge in [-0.3, -0.25) is 4.68 Å². The maximum absolute atomic E-state index is 11.7. The average Bonchev–Trinajstić information content (AvgIpc) is 2.79. The minimum absolute atomic E-state index is 0.0826. The van der Waals surface area contributed by atoms with Crippen LogP contribution in [-0.2, 0) is 18.3 Å². The number of rotatable bonds is 4. The first-order valence-electron chi connectivity index (χ1n) is 6.99. The van der Waals surface area contributed by atoms with Crippen molar-refractivity contribution in [2.24, 2.45) is 7.05 Å². The van der Waals surface area contributed by atoms with E-state index in [1.165, 1.54) is 0 Å². The lowest BCUT2D eigenvalue weighted by Crippen LogP contribution is -2.44. The minimum atomic E-state index is -0.206. The molecule has 112 valence electrons. The number of urea groups is 1. The summed E-state index contributed by atoms with van der Waals surface area (Å²) in [7, 11) is 1.79. The molecule has 7 heteroatoms. The Morgan fingerprint density at radius 2 is 2.35 bits per heavy atom. The number of hydrogen-bond donors (Lipinski definition) is 2. The molecule has 0 bridgehead atoms. The number of nitrogens with zero attached hydrogens (tertiary/aromatic N) is 3. The molecule has 7 nitrogen and oxygen atoms in total. The van der Waals surface area contributed by atoms with E-state index in [2.05, 4.69) is 34.8 Å². The molecule has 0 spiro atoms. The molecule has 0 aromatic carbocycles. The standard InChI is InChI=1S/C13H23N5O2/c1-13(2)6-4-5-11(20-13)8-15-12(19)14-7-10-9-18(3)17-16-10/h9,11H,4-8H2,1-3H3,(H2,14,15,19). The summed E-state index contributed by atoms with van der Waals surface area (Å²) in [6.07, 6.45) is 5.07. The summed E-state index contributed by atoms with van der Waals surface area (Å²) in [5.41, 5.74) is 0.651. The fourth-order valence-electron chi connectivity index (χ4n) is 2.38. The first-order chi connectivity index (χ1) is 9.44. The lowest BCUT2D eigenvalue weighted by atomic mass is 9.95. The van der Waals surface area contributed by atoms with E-state index in [0.717, 1.165) is 25.0 Å². The van der Waals surface area contributed by atoms with Crippen LogP contribution in [-0.4, -0.2) is 39.3 Å². The third kappa shape index (κ3) is 4.48. The van der Waals surface area contributed by atoms with Crippen molar-refractivity contribution in [2.45, 2.75) is 51.4 Å². The van der Waals surface area contributed by atoms with Gasteiger partial charge >= 0.3 is 6.03 Å². The van der Waals surface area contributed by atoms with E-state index in [-0.39, 0.29) is 17.7 Å². The molecule has 2 heterocycles. The Kier molecular flexibility index (Phi) is 4.59. The van der Waals surface area contributed by atoms with Crippen LogP contribution in [0.2, 0.25) is 0 Å². The Balaban J connectivity index is 1.67. The first-order valence-corrected chi connectivity index (χ1v) is 6.99. The van der Waals surface area contributed by atoms with E-state index in [1.54, 1.807) is 17.9 Å². The van der Waals surface area contributed by atoms with Gasteiger partial charge < -0.3 is 15.4 Å². The molecule has 0 saturated carbocycles. The van der Waals surface area contributed by atoms with Crippen molar-refractivity contribution in [3.63, 3.8) is 0 Å². The van der Waals surface area contributed by atoms with Crippen LogP contribution in [0.1, 0.15) is 38.8 Å². The number of amides is 2. The molecule has 2 rings (SSSR count). The fraction of sp³-hybridized carbons (Fsp3) is 0.769. The van der Waals surface area contributed by atoms with Crippen molar-refractivity contribution in [2.75, 3.05) is 6.54 Å². The zero-order valence-corrected chi connectivity index (χ0v) is 12.3. The van der Waals surface area contributed by atoms with Crippen LogP contribution in [0.15, 0.2) is 6.20 Å². The highest BCUT2D eigenvalue weighted by atomic mass is 16.5. The van der Waals surface area contributed by atoms with E-state index >= 15 is 0 Å². The summed E-state index contributed by atoms with van der Waals surface area (Å²) in [6.45, 7) is 5.09. The van der Waals surface area contributed by atoms with Gasteiger partial charge in [0, 0.05) is 19.8 Å². The number of nitrogens with one attached hydrogen (secondary N) is 2. The Bertz CT molecular complexity index is 457. The molecule has 1 fully saturated rings. The largest absolute Gasteiger partial charge is 0.371 e. The summed E-state index contributed by atoms with van der Waals surface area (Å²) in [5, 5.41) is 13.3. The number of carbonyl (C=O) groups excluding carboxylic acids is 1. The zero-order valence-electron chi connectivity index (χ0n) is 12.3. The highest BCUT2D eigenvalue weighted by molar-refractivity contribution is 5.73. The molecule has 0 aliphatic carbocycles. The normalized spacial score (nSPS) is 21.4. The van der Waals surface area contributed by atoms with Crippen LogP contribution in [0.25, 0.3) is 0 Å². The monoisotopic (exact) mass is 281 g/mol. The first kappa shape index (κ1) is 14.8. The molecule has 2 N–H and O–H groups in total. The van der Waals surface area contributed by atoms with Gasteiger partial charge in [0.25, 0.3) is 0 Å². The van der Waals surface area contributed by atoms with Crippen molar-refractivity contribution >= 4 is 6.03 Å². The van der Waals surface area contributed by atoms with Gasteiger partial charge in [0.2, 0.25) is 0 Å². The second-order valence-electron chi connectivity index (χ2n) is 5.84. The van der Waals surface area contributed by atoms with Crippen LogP contribution in [0.4, 0.5) is 4.79 Å². The van der Waals surface area contributed by atoms with Gasteiger partial charge in [-0.15, -0.1) is 5.10 Å². The van der Waals surface area contributed by atoms with Crippen molar-refractivity contribution in [3.8, 4) is 0 Å². The molecular weight excluding hydrogens is 258 g/mol. The molecule has 1 unspecified atom stereocenters. The van der Waals surface area contributed by atoms with Crippen molar-refractivity contribution in [3.05, 3.63) is 11.9 Å². The SMILES string of the molecule is Cn1cc(CNC(=O)NCC2CCCC(C)(C)O2)nn1. The number of aromatic nitrogens is 3. The minimum Gasteiger partial charge on any atom is -0.371 e. The lowest BCUT2D eigenvalue weighted by Gasteiger charge is -2.36. The van der Waals surface area contributed by atoms with Crippen LogP contribution >= 0.6 is 0 Å². The Morgan fingerprint density at radius 3 is 3.00 bits per heavy atom. The number of hydrogen-bond acceptors (Lipinski definition) is 4. The second kappa shape index (κ2) is 6.21. The van der Waals surface area contributed by atoms with Gasteiger partial charge in [0.15, 0.2) is 0 Å². The molecule has 2 amide bonds. The Labute approximate surface area is 119 Å². The molecule has 1 aromatic rings. The maximum Gasteiger partial charge on any atom is 0.315 e. The third-order valence-corrected chi connectivity index (χ3v) is 3.36. The number of ether oxygens (including phenoxy) is 1. The van der Waals surface area contributed by atoms with Gasteiger partial charge in [0.05, 0.1) is 18.2 Å². The van der Waals surface area contributed by atoms with E-state index in [4.69, 9.17) is 4.74 Å². The summed E-state index contributed by atoms with van der Waals surface area (Å²) >= 11 is 0. The van der Waals surface area contributed by atoms with Crippen molar-refractivity contribution in [1.29, 1.82) is 0 Å². The molecule has 0 radical (unpaired) electrons. The summed E-state index contributed by atoms with van der Waals surface area (Å²) in [4.78, 5) is 11.7. The lowest BCUT2D eigenvalue weighted by molar-refractivity contribution is -0.103. The molecule has 1 atom stereocenters. The van der Waals surface area contributed by atoms with E-state index in [1.807, 2.05) is 0 Å². The van der Waals surface area contributed by atoms with Gasteiger partial charge in [0.1, 0.15) is 5.69 Å². The third-order valence-electron chi connectivity index (χ3n) is 3.36. The summed E-state index contributed by atoms with van der Waals surface area (Å²) < 4.78 is 7.53. The molecule has 1 saturated heterocycles. The topological polar surface area (TPSA) is 81.1 Å². The number of aryl methyl sites for hydroxylation is 1. The van der Waals surface area contributed by atoms with E-state index < -0.39 is 0 Å². The van der Waals surface area contributed by atoms with Gasteiger partial charge in [-0.1, -0.05) is 5.21 Å². The number of carbonyl (C=O) groups is 1. The highest BCUT2D eigenvalue weighted by Gasteiger charge is 2.28. The Morgan fingerprint density at radius 1 is 1.55 bits per heavy atom. The van der Waals surface area contributed by atoms with Gasteiger partial charge in [-0.05, 0) is 33.1 Å². The Hall–Kier alpha value is -1.63. The van der Waals surface area contributed by atoms with Crippen molar-refractivity contribution in [1.82, 2.24) is 25.6 Å². The maximum atomic E-state index is 11.7. The highest BCUT2D eigenvalue weighted by Crippen LogP contribution is 2.27. The van der Waals surface area contributed by atoms with Gasteiger partial charge in [-0.25, -0.2) is 4.79 Å². The van der Waals surface area contributed by atoms with Crippen LogP contribution < -0.4 is 10.6 Å². The van der Waals surface area contributed by atoms with E-state index in [0.29, 0.717) is 13.1 Å². The van der Waals surface area contributed by atoms with Gasteiger partial charge in [-0.2, -0.15) is 0 Å². The predicted octanol–water partition coefficient (Wildman–Crippen LogP) is 0.962. The van der Waals surface area contributed by atoms with Crippen LogP contribution in [0, 0.1) is 0 Å². The van der Waals surface area contributed by atoms with Crippen LogP contribution in [0.5, 0.6) is 0 Å². The quantitative estimate of drug-likeness (QED) is 0.861. The summed E-state index contributed by atoms with van der Waals surface area (Å²) in [5.74, 6) is 0.